The molecule has 0 aliphatic carbocycles. The van der Waals surface area contributed by atoms with Crippen LogP contribution in [0.4, 0.5) is 10.5 Å². The lowest BCUT2D eigenvalue weighted by Crippen LogP contribution is -2.43. The Bertz CT molecular complexity index is 707. The van der Waals surface area contributed by atoms with E-state index in [2.05, 4.69) is 15.6 Å². The number of nitrogens with one attached hydrogen (secondary N) is 2. The Labute approximate surface area is 152 Å². The highest BCUT2D eigenvalue weighted by Crippen LogP contribution is 2.05. The molecule has 0 unspecified atom stereocenters. The van der Waals surface area contributed by atoms with Crippen LogP contribution in [0.1, 0.15) is 18.1 Å². The van der Waals surface area contributed by atoms with Gasteiger partial charge >= 0.3 is 6.03 Å². The molecule has 0 aliphatic rings. The summed E-state index contributed by atoms with van der Waals surface area (Å²) in [5, 5.41) is 6.41. The lowest BCUT2D eigenvalue weighted by molar-refractivity contribution is -0.189. The average Bonchev–Trinajstić information content (AvgIpc) is 2.67. The number of nitrogens with zero attached hydrogens (tertiary/aromatic N) is 2. The zero-order chi connectivity index (χ0) is 18.8. The first kappa shape index (κ1) is 19.2. The summed E-state index contributed by atoms with van der Waals surface area (Å²) in [4.78, 5) is 33.4. The van der Waals surface area contributed by atoms with Gasteiger partial charge in [-0.3, -0.25) is 14.6 Å². The maximum Gasteiger partial charge on any atom is 0.315 e. The normalized spacial score (nSPS) is 10.2. The van der Waals surface area contributed by atoms with E-state index in [1.807, 2.05) is 18.2 Å². The summed E-state index contributed by atoms with van der Waals surface area (Å²) in [5.41, 5.74) is 8.04. The van der Waals surface area contributed by atoms with Crippen LogP contribution in [-0.2, 0) is 22.8 Å². The van der Waals surface area contributed by atoms with Crippen molar-refractivity contribution >= 4 is 17.6 Å². The number of amides is 3. The summed E-state index contributed by atoms with van der Waals surface area (Å²) in [6, 6.07) is 10.4. The highest BCUT2D eigenvalue weighted by Gasteiger charge is 2.14. The maximum atomic E-state index is 12.1. The molecule has 26 heavy (non-hydrogen) atoms. The van der Waals surface area contributed by atoms with E-state index >= 15 is 0 Å². The molecule has 4 N–H and O–H groups in total. The van der Waals surface area contributed by atoms with Crippen molar-refractivity contribution in [2.75, 3.05) is 18.8 Å². The molecule has 1 aromatic carbocycles. The van der Waals surface area contributed by atoms with E-state index in [-0.39, 0.29) is 19.1 Å². The molecule has 0 saturated carbocycles. The SMILES string of the molecule is CCN(OCc1cccnc1)C(=O)CNC(=O)NCc1ccc(N)cc1. The fourth-order valence-electron chi connectivity index (χ4n) is 2.10. The standard InChI is InChI=1S/C18H23N5O3/c1-2-23(26-13-15-4-3-9-20-10-15)17(24)12-22-18(25)21-11-14-5-7-16(19)8-6-14/h3-10H,2,11-13,19H2,1H3,(H2,21,22,25). The molecule has 0 radical (unpaired) electrons. The molecule has 0 aliphatic heterocycles. The predicted molar refractivity (Wildman–Crippen MR) is 97.5 cm³/mol. The van der Waals surface area contributed by atoms with E-state index in [1.165, 1.54) is 5.06 Å². The molecule has 8 nitrogen and oxygen atoms in total. The van der Waals surface area contributed by atoms with Gasteiger partial charge in [-0.2, -0.15) is 0 Å². The monoisotopic (exact) mass is 357 g/mol. The molecule has 0 fully saturated rings. The van der Waals surface area contributed by atoms with E-state index < -0.39 is 6.03 Å². The van der Waals surface area contributed by atoms with Gasteiger partial charge in [-0.05, 0) is 36.2 Å². The number of benzene rings is 1. The van der Waals surface area contributed by atoms with Crippen molar-refractivity contribution < 1.29 is 14.4 Å². The molecule has 1 heterocycles. The Kier molecular flexibility index (Phi) is 7.38. The van der Waals surface area contributed by atoms with Gasteiger partial charge in [-0.25, -0.2) is 9.86 Å². The van der Waals surface area contributed by atoms with E-state index in [1.54, 1.807) is 37.5 Å². The zero-order valence-corrected chi connectivity index (χ0v) is 14.6. The Morgan fingerprint density at radius 2 is 1.92 bits per heavy atom. The number of pyridine rings is 1. The minimum Gasteiger partial charge on any atom is -0.399 e. The molecule has 2 aromatic rings. The lowest BCUT2D eigenvalue weighted by atomic mass is 10.2. The van der Waals surface area contributed by atoms with Gasteiger partial charge < -0.3 is 16.4 Å². The van der Waals surface area contributed by atoms with E-state index in [0.29, 0.717) is 18.8 Å². The summed E-state index contributed by atoms with van der Waals surface area (Å²) in [7, 11) is 0. The summed E-state index contributed by atoms with van der Waals surface area (Å²) in [6.07, 6.45) is 3.33. The van der Waals surface area contributed by atoms with Gasteiger partial charge in [0.25, 0.3) is 5.91 Å². The van der Waals surface area contributed by atoms with Crippen LogP contribution in [0.5, 0.6) is 0 Å². The van der Waals surface area contributed by atoms with Gasteiger partial charge in [0.15, 0.2) is 0 Å². The van der Waals surface area contributed by atoms with Crippen molar-refractivity contribution in [1.29, 1.82) is 0 Å². The van der Waals surface area contributed by atoms with E-state index in [9.17, 15) is 9.59 Å². The molecule has 2 rings (SSSR count). The summed E-state index contributed by atoms with van der Waals surface area (Å²) in [6.45, 7) is 2.58. The summed E-state index contributed by atoms with van der Waals surface area (Å²) < 4.78 is 0. The number of hydrogen-bond donors (Lipinski definition) is 3. The first-order valence-electron chi connectivity index (χ1n) is 8.26. The number of rotatable bonds is 8. The van der Waals surface area contributed by atoms with Crippen LogP contribution in [0.3, 0.4) is 0 Å². The van der Waals surface area contributed by atoms with Crippen molar-refractivity contribution in [2.24, 2.45) is 0 Å². The molecule has 138 valence electrons. The minimum absolute atomic E-state index is 0.158. The van der Waals surface area contributed by atoms with Crippen LogP contribution in [-0.4, -0.2) is 35.1 Å². The third kappa shape index (κ3) is 6.40. The van der Waals surface area contributed by atoms with Gasteiger partial charge in [0, 0.05) is 31.2 Å². The second kappa shape index (κ2) is 10.00. The molecule has 0 bridgehead atoms. The number of hydroxylamine groups is 2. The first-order chi connectivity index (χ1) is 12.6. The third-order valence-corrected chi connectivity index (χ3v) is 3.51. The van der Waals surface area contributed by atoms with Gasteiger partial charge in [0.2, 0.25) is 0 Å². The summed E-state index contributed by atoms with van der Waals surface area (Å²) >= 11 is 0. The lowest BCUT2D eigenvalue weighted by Gasteiger charge is -2.20. The number of urea groups is 1. The van der Waals surface area contributed by atoms with Crippen molar-refractivity contribution in [3.63, 3.8) is 0 Å². The van der Waals surface area contributed by atoms with Crippen LogP contribution >= 0.6 is 0 Å². The number of carbonyl (C=O) groups is 2. The molecule has 8 heteroatoms. The smallest absolute Gasteiger partial charge is 0.315 e. The van der Waals surface area contributed by atoms with Crippen LogP contribution in [0.15, 0.2) is 48.8 Å². The van der Waals surface area contributed by atoms with Crippen LogP contribution < -0.4 is 16.4 Å². The first-order valence-corrected chi connectivity index (χ1v) is 8.26. The van der Waals surface area contributed by atoms with Gasteiger partial charge in [0.05, 0.1) is 0 Å². The number of hydrogen-bond acceptors (Lipinski definition) is 5. The average molecular weight is 357 g/mol. The molecular weight excluding hydrogens is 334 g/mol. The number of likely N-dealkylation sites (N-methyl/N-ethyl adjacent to an activating group) is 1. The van der Waals surface area contributed by atoms with E-state index in [4.69, 9.17) is 10.6 Å². The van der Waals surface area contributed by atoms with Crippen molar-refractivity contribution in [1.82, 2.24) is 20.7 Å². The highest BCUT2D eigenvalue weighted by molar-refractivity contribution is 5.83. The summed E-state index contributed by atoms with van der Waals surface area (Å²) in [5.74, 6) is -0.334. The van der Waals surface area contributed by atoms with Gasteiger partial charge in [-0.15, -0.1) is 0 Å². The van der Waals surface area contributed by atoms with Gasteiger partial charge in [-0.1, -0.05) is 18.2 Å². The van der Waals surface area contributed by atoms with Gasteiger partial charge in [0.1, 0.15) is 13.2 Å². The predicted octanol–water partition coefficient (Wildman–Crippen LogP) is 1.44. The molecule has 1 aromatic heterocycles. The number of carbonyl (C=O) groups excluding carboxylic acids is 2. The van der Waals surface area contributed by atoms with Crippen LogP contribution in [0, 0.1) is 0 Å². The molecule has 0 saturated heterocycles. The fourth-order valence-corrected chi connectivity index (χ4v) is 2.10. The Morgan fingerprint density at radius 1 is 1.15 bits per heavy atom. The second-order valence-electron chi connectivity index (χ2n) is 5.50. The topological polar surface area (TPSA) is 110 Å². The Hall–Kier alpha value is -3.13. The largest absolute Gasteiger partial charge is 0.399 e. The minimum atomic E-state index is -0.432. The number of nitrogens with two attached hydrogens (primary N) is 1. The molecular formula is C18H23N5O3. The molecule has 0 atom stereocenters. The highest BCUT2D eigenvalue weighted by atomic mass is 16.7. The van der Waals surface area contributed by atoms with Crippen molar-refractivity contribution in [3.05, 3.63) is 59.9 Å². The maximum absolute atomic E-state index is 12.1. The quantitative estimate of drug-likeness (QED) is 0.489. The number of anilines is 1. The number of aromatic nitrogens is 1. The Morgan fingerprint density at radius 3 is 2.58 bits per heavy atom. The van der Waals surface area contributed by atoms with E-state index in [0.717, 1.165) is 11.1 Å². The fraction of sp³-hybridized carbons (Fsp3) is 0.278. The van der Waals surface area contributed by atoms with Crippen molar-refractivity contribution in [3.8, 4) is 0 Å². The molecule has 3 amide bonds. The second-order valence-corrected chi connectivity index (χ2v) is 5.50. The van der Waals surface area contributed by atoms with Crippen LogP contribution in [0.25, 0.3) is 0 Å². The molecule has 0 spiro atoms. The van der Waals surface area contributed by atoms with Crippen LogP contribution in [0.2, 0.25) is 0 Å². The zero-order valence-electron chi connectivity index (χ0n) is 14.6. The van der Waals surface area contributed by atoms with Crippen molar-refractivity contribution in [2.45, 2.75) is 20.1 Å². The third-order valence-electron chi connectivity index (χ3n) is 3.51. The Balaban J connectivity index is 1.71. The number of nitrogen functional groups attached to an aromatic ring is 1.